The number of para-hydroxylation sites is 2. The molecule has 1 heterocycles. The van der Waals surface area contributed by atoms with Crippen LogP contribution in [0.5, 0.6) is 0 Å². The average molecular weight is 281 g/mol. The van der Waals surface area contributed by atoms with E-state index in [1.54, 1.807) is 18.2 Å². The minimum atomic E-state index is -0.457. The second-order valence-corrected chi connectivity index (χ2v) is 4.63. The van der Waals surface area contributed by atoms with E-state index in [4.69, 9.17) is 0 Å². The van der Waals surface area contributed by atoms with Crippen molar-refractivity contribution in [1.82, 2.24) is 9.97 Å². The van der Waals surface area contributed by atoms with E-state index in [1.165, 1.54) is 12.1 Å². The van der Waals surface area contributed by atoms with Gasteiger partial charge in [0.1, 0.15) is 5.69 Å². The van der Waals surface area contributed by atoms with E-state index in [1.807, 2.05) is 18.2 Å². The summed E-state index contributed by atoms with van der Waals surface area (Å²) in [6, 6.07) is 13.5. The van der Waals surface area contributed by atoms with Crippen molar-refractivity contribution in [3.8, 4) is 0 Å². The first-order valence-corrected chi connectivity index (χ1v) is 6.35. The summed E-state index contributed by atoms with van der Waals surface area (Å²) in [4.78, 5) is 29.4. The van der Waals surface area contributed by atoms with E-state index in [2.05, 4.69) is 9.97 Å². The first kappa shape index (κ1) is 13.0. The monoisotopic (exact) mass is 281 g/mol. The van der Waals surface area contributed by atoms with Gasteiger partial charge >= 0.3 is 0 Å². The summed E-state index contributed by atoms with van der Waals surface area (Å²) in [6.45, 7) is 0. The lowest BCUT2D eigenvalue weighted by atomic mass is 10.1. The van der Waals surface area contributed by atoms with E-state index < -0.39 is 4.92 Å². The maximum Gasteiger partial charge on any atom is 0.270 e. The molecule has 0 bridgehead atoms. The number of hydrogen-bond donors (Lipinski definition) is 1. The molecule has 0 spiro atoms. The van der Waals surface area contributed by atoms with Gasteiger partial charge in [-0.15, -0.1) is 0 Å². The molecule has 6 nitrogen and oxygen atoms in total. The van der Waals surface area contributed by atoms with Gasteiger partial charge in [0, 0.05) is 18.6 Å². The third-order valence-electron chi connectivity index (χ3n) is 3.16. The fraction of sp³-hybridized carbons (Fsp3) is 0.0667. The van der Waals surface area contributed by atoms with Crippen molar-refractivity contribution in [3.63, 3.8) is 0 Å². The molecule has 0 saturated carbocycles. The zero-order valence-electron chi connectivity index (χ0n) is 10.9. The Morgan fingerprint density at radius 3 is 2.76 bits per heavy atom. The third-order valence-corrected chi connectivity index (χ3v) is 3.16. The van der Waals surface area contributed by atoms with E-state index in [0.29, 0.717) is 22.3 Å². The molecule has 3 aromatic rings. The molecule has 0 fully saturated rings. The molecule has 6 heteroatoms. The number of aromatic amines is 1. The van der Waals surface area contributed by atoms with Crippen LogP contribution in [0.3, 0.4) is 0 Å². The number of nitro groups is 1. The molecule has 0 amide bonds. The topological polar surface area (TPSA) is 88.9 Å². The van der Waals surface area contributed by atoms with Gasteiger partial charge < -0.3 is 4.98 Å². The van der Waals surface area contributed by atoms with Crippen LogP contribution >= 0.6 is 0 Å². The highest BCUT2D eigenvalue weighted by atomic mass is 16.6. The predicted octanol–water partition coefficient (Wildman–Crippen LogP) is 2.42. The van der Waals surface area contributed by atoms with Crippen LogP contribution in [0.4, 0.5) is 5.69 Å². The zero-order valence-corrected chi connectivity index (χ0v) is 10.9. The lowest BCUT2D eigenvalue weighted by molar-refractivity contribution is -0.384. The molecule has 0 aliphatic heterocycles. The number of nitrogens with one attached hydrogen (secondary N) is 1. The number of aromatic nitrogens is 2. The molecule has 0 atom stereocenters. The highest BCUT2D eigenvalue weighted by molar-refractivity contribution is 5.73. The van der Waals surface area contributed by atoms with Crippen LogP contribution in [0, 0.1) is 10.1 Å². The summed E-state index contributed by atoms with van der Waals surface area (Å²) in [5.74, 6) is 0. The molecule has 0 aliphatic rings. The van der Waals surface area contributed by atoms with Gasteiger partial charge in [-0.25, -0.2) is 4.98 Å². The molecular weight excluding hydrogens is 270 g/mol. The number of nitro benzene ring substituents is 1. The first-order chi connectivity index (χ1) is 10.1. The SMILES string of the molecule is O=c1[nH]c2ccccc2nc1Cc1cccc([N+](=O)[O-])c1. The second-order valence-electron chi connectivity index (χ2n) is 4.63. The Morgan fingerprint density at radius 2 is 1.95 bits per heavy atom. The van der Waals surface area contributed by atoms with Crippen molar-refractivity contribution in [3.05, 3.63) is 80.3 Å². The van der Waals surface area contributed by atoms with Crippen LogP contribution in [0.1, 0.15) is 11.3 Å². The van der Waals surface area contributed by atoms with E-state index >= 15 is 0 Å². The highest BCUT2D eigenvalue weighted by Gasteiger charge is 2.09. The van der Waals surface area contributed by atoms with Crippen LogP contribution in [0.15, 0.2) is 53.3 Å². The number of rotatable bonds is 3. The van der Waals surface area contributed by atoms with Crippen LogP contribution < -0.4 is 5.56 Å². The summed E-state index contributed by atoms with van der Waals surface area (Å²) in [6.07, 6.45) is 0.252. The Labute approximate surface area is 119 Å². The highest BCUT2D eigenvalue weighted by Crippen LogP contribution is 2.15. The molecule has 3 rings (SSSR count). The van der Waals surface area contributed by atoms with E-state index in [9.17, 15) is 14.9 Å². The molecule has 0 aliphatic carbocycles. The quantitative estimate of drug-likeness (QED) is 0.589. The largest absolute Gasteiger partial charge is 0.319 e. The van der Waals surface area contributed by atoms with Gasteiger partial charge in [-0.05, 0) is 17.7 Å². The Morgan fingerprint density at radius 1 is 1.14 bits per heavy atom. The molecular formula is C15H11N3O3. The van der Waals surface area contributed by atoms with Crippen LogP contribution in [-0.4, -0.2) is 14.9 Å². The minimum Gasteiger partial charge on any atom is -0.319 e. The predicted molar refractivity (Wildman–Crippen MR) is 78.3 cm³/mol. The van der Waals surface area contributed by atoms with Crippen molar-refractivity contribution in [1.29, 1.82) is 0 Å². The van der Waals surface area contributed by atoms with Crippen molar-refractivity contribution in [2.45, 2.75) is 6.42 Å². The summed E-state index contributed by atoms with van der Waals surface area (Å²) in [5, 5.41) is 10.8. The molecule has 1 aromatic heterocycles. The van der Waals surface area contributed by atoms with Gasteiger partial charge in [-0.2, -0.15) is 0 Å². The Kier molecular flexibility index (Phi) is 3.19. The summed E-state index contributed by atoms with van der Waals surface area (Å²) < 4.78 is 0. The van der Waals surface area contributed by atoms with Crippen LogP contribution in [-0.2, 0) is 6.42 Å². The van der Waals surface area contributed by atoms with Gasteiger partial charge in [0.05, 0.1) is 16.0 Å². The van der Waals surface area contributed by atoms with Gasteiger partial charge in [0.15, 0.2) is 0 Å². The normalized spacial score (nSPS) is 10.7. The van der Waals surface area contributed by atoms with E-state index in [0.717, 1.165) is 0 Å². The number of fused-ring (bicyclic) bond motifs is 1. The van der Waals surface area contributed by atoms with Gasteiger partial charge in [0.2, 0.25) is 0 Å². The van der Waals surface area contributed by atoms with Crippen molar-refractivity contribution >= 4 is 16.7 Å². The molecule has 21 heavy (non-hydrogen) atoms. The lowest BCUT2D eigenvalue weighted by Gasteiger charge is -2.03. The van der Waals surface area contributed by atoms with E-state index in [-0.39, 0.29) is 17.7 Å². The first-order valence-electron chi connectivity index (χ1n) is 6.35. The zero-order chi connectivity index (χ0) is 14.8. The van der Waals surface area contributed by atoms with Gasteiger partial charge in [-0.1, -0.05) is 24.3 Å². The molecule has 1 N–H and O–H groups in total. The van der Waals surface area contributed by atoms with Crippen LogP contribution in [0.25, 0.3) is 11.0 Å². The maximum atomic E-state index is 12.0. The van der Waals surface area contributed by atoms with Crippen molar-refractivity contribution < 1.29 is 4.92 Å². The standard InChI is InChI=1S/C15H11N3O3/c19-15-14(16-12-6-1-2-7-13(12)17-15)9-10-4-3-5-11(8-10)18(20)21/h1-8H,9H2,(H,17,19). The van der Waals surface area contributed by atoms with Gasteiger partial charge in [0.25, 0.3) is 11.2 Å². The third kappa shape index (κ3) is 2.64. The second kappa shape index (κ2) is 5.16. The summed E-state index contributed by atoms with van der Waals surface area (Å²) >= 11 is 0. The van der Waals surface area contributed by atoms with Crippen molar-refractivity contribution in [2.75, 3.05) is 0 Å². The minimum absolute atomic E-state index is 0.00437. The average Bonchev–Trinajstić information content (AvgIpc) is 2.48. The summed E-state index contributed by atoms with van der Waals surface area (Å²) in [5.41, 5.74) is 2.11. The fourth-order valence-electron chi connectivity index (χ4n) is 2.16. The molecule has 2 aromatic carbocycles. The fourth-order valence-corrected chi connectivity index (χ4v) is 2.16. The number of hydrogen-bond acceptors (Lipinski definition) is 4. The van der Waals surface area contributed by atoms with Crippen LogP contribution in [0.2, 0.25) is 0 Å². The molecule has 0 unspecified atom stereocenters. The number of H-pyrrole nitrogens is 1. The molecule has 0 radical (unpaired) electrons. The smallest absolute Gasteiger partial charge is 0.270 e. The number of nitrogens with zero attached hydrogens (tertiary/aromatic N) is 2. The Hall–Kier alpha value is -3.02. The molecule has 0 saturated heterocycles. The van der Waals surface area contributed by atoms with Crippen molar-refractivity contribution in [2.24, 2.45) is 0 Å². The molecule has 104 valence electrons. The summed E-state index contributed by atoms with van der Waals surface area (Å²) in [7, 11) is 0. The maximum absolute atomic E-state index is 12.0. The van der Waals surface area contributed by atoms with Gasteiger partial charge in [-0.3, -0.25) is 14.9 Å². The Bertz CT molecular complexity index is 886. The Balaban J connectivity index is 2.01. The number of benzene rings is 2. The lowest BCUT2D eigenvalue weighted by Crippen LogP contribution is -2.15. The number of non-ortho nitro benzene ring substituents is 1.